The topological polar surface area (TPSA) is 62.7 Å². The zero-order chi connectivity index (χ0) is 15.0. The maximum absolute atomic E-state index is 12.3. The van der Waals surface area contributed by atoms with Gasteiger partial charge < -0.3 is 10.3 Å². The predicted octanol–water partition coefficient (Wildman–Crippen LogP) is 3.25. The number of aromatic amines is 1. The van der Waals surface area contributed by atoms with Gasteiger partial charge in [0.05, 0.1) is 11.9 Å². The minimum absolute atomic E-state index is 0.120. The lowest BCUT2D eigenvalue weighted by atomic mass is 10.1. The SMILES string of the molecule is CCn1cc(NC(=O)c2ccc3[nH]c(C)c(C)c3c2)cn1. The van der Waals surface area contributed by atoms with Gasteiger partial charge in [-0.2, -0.15) is 5.10 Å². The van der Waals surface area contributed by atoms with Gasteiger partial charge in [0.2, 0.25) is 0 Å². The number of hydrogen-bond donors (Lipinski definition) is 2. The summed E-state index contributed by atoms with van der Waals surface area (Å²) in [7, 11) is 0. The molecule has 0 radical (unpaired) electrons. The number of carbonyl (C=O) groups excluding carboxylic acids is 1. The van der Waals surface area contributed by atoms with Gasteiger partial charge in [-0.3, -0.25) is 9.48 Å². The standard InChI is InChI=1S/C16H18N4O/c1-4-20-9-13(8-17-20)19-16(21)12-5-6-15-14(7-12)10(2)11(3)18-15/h5-9,18H,4H2,1-3H3,(H,19,21). The first kappa shape index (κ1) is 13.4. The van der Waals surface area contributed by atoms with E-state index in [-0.39, 0.29) is 5.91 Å². The van der Waals surface area contributed by atoms with Crippen LogP contribution in [-0.2, 0) is 6.54 Å². The maximum Gasteiger partial charge on any atom is 0.255 e. The van der Waals surface area contributed by atoms with Crippen molar-refractivity contribution in [2.24, 2.45) is 0 Å². The Labute approximate surface area is 123 Å². The fourth-order valence-corrected chi connectivity index (χ4v) is 2.41. The first-order valence-electron chi connectivity index (χ1n) is 7.01. The number of fused-ring (bicyclic) bond motifs is 1. The molecule has 2 heterocycles. The fraction of sp³-hybridized carbons (Fsp3) is 0.250. The quantitative estimate of drug-likeness (QED) is 0.774. The molecular formula is C16H18N4O. The Morgan fingerprint density at radius 3 is 2.90 bits per heavy atom. The van der Waals surface area contributed by atoms with Crippen LogP contribution in [0.5, 0.6) is 0 Å². The lowest BCUT2D eigenvalue weighted by molar-refractivity contribution is 0.102. The molecule has 3 rings (SSSR count). The first-order valence-corrected chi connectivity index (χ1v) is 7.01. The number of hydrogen-bond acceptors (Lipinski definition) is 2. The second-order valence-corrected chi connectivity index (χ2v) is 5.17. The van der Waals surface area contributed by atoms with Gasteiger partial charge in [-0.1, -0.05) is 0 Å². The van der Waals surface area contributed by atoms with Crippen molar-refractivity contribution >= 4 is 22.5 Å². The molecule has 5 heteroatoms. The molecule has 3 aromatic rings. The molecule has 0 unspecified atom stereocenters. The van der Waals surface area contributed by atoms with Gasteiger partial charge >= 0.3 is 0 Å². The van der Waals surface area contributed by atoms with Crippen LogP contribution in [-0.4, -0.2) is 20.7 Å². The molecule has 0 aliphatic rings. The van der Waals surface area contributed by atoms with Crippen molar-refractivity contribution in [2.45, 2.75) is 27.3 Å². The fourth-order valence-electron chi connectivity index (χ4n) is 2.41. The van der Waals surface area contributed by atoms with Crippen molar-refractivity contribution in [3.63, 3.8) is 0 Å². The van der Waals surface area contributed by atoms with Gasteiger partial charge in [0.25, 0.3) is 5.91 Å². The Morgan fingerprint density at radius 1 is 1.38 bits per heavy atom. The van der Waals surface area contributed by atoms with Gasteiger partial charge in [-0.15, -0.1) is 0 Å². The minimum atomic E-state index is -0.120. The predicted molar refractivity (Wildman–Crippen MR) is 83.6 cm³/mol. The van der Waals surface area contributed by atoms with Crippen molar-refractivity contribution in [1.82, 2.24) is 14.8 Å². The first-order chi connectivity index (χ1) is 10.1. The highest BCUT2D eigenvalue weighted by atomic mass is 16.1. The van der Waals surface area contributed by atoms with E-state index in [1.807, 2.05) is 38.2 Å². The van der Waals surface area contributed by atoms with Gasteiger partial charge in [0.15, 0.2) is 0 Å². The smallest absolute Gasteiger partial charge is 0.255 e. The number of aryl methyl sites for hydroxylation is 3. The number of rotatable bonds is 3. The minimum Gasteiger partial charge on any atom is -0.358 e. The molecule has 1 amide bonds. The number of anilines is 1. The van der Waals surface area contributed by atoms with E-state index < -0.39 is 0 Å². The van der Waals surface area contributed by atoms with Crippen LogP contribution in [0.15, 0.2) is 30.6 Å². The van der Waals surface area contributed by atoms with Crippen LogP contribution >= 0.6 is 0 Å². The Bertz CT molecular complexity index is 813. The average molecular weight is 282 g/mol. The third-order valence-electron chi connectivity index (χ3n) is 3.79. The second kappa shape index (κ2) is 5.09. The largest absolute Gasteiger partial charge is 0.358 e. The number of aromatic nitrogens is 3. The van der Waals surface area contributed by atoms with E-state index in [4.69, 9.17) is 0 Å². The third-order valence-corrected chi connectivity index (χ3v) is 3.79. The van der Waals surface area contributed by atoms with Gasteiger partial charge in [-0.05, 0) is 44.5 Å². The molecule has 0 saturated heterocycles. The lowest BCUT2D eigenvalue weighted by Gasteiger charge is -2.03. The van der Waals surface area contributed by atoms with Crippen molar-refractivity contribution < 1.29 is 4.79 Å². The van der Waals surface area contributed by atoms with Crippen LogP contribution in [0.25, 0.3) is 10.9 Å². The molecule has 2 aromatic heterocycles. The van der Waals surface area contributed by atoms with E-state index in [0.29, 0.717) is 11.3 Å². The molecule has 0 aliphatic heterocycles. The molecule has 0 saturated carbocycles. The van der Waals surface area contributed by atoms with Crippen LogP contribution in [0, 0.1) is 13.8 Å². The Morgan fingerprint density at radius 2 is 2.19 bits per heavy atom. The number of nitrogens with one attached hydrogen (secondary N) is 2. The number of carbonyl (C=O) groups is 1. The van der Waals surface area contributed by atoms with E-state index in [0.717, 1.165) is 23.1 Å². The van der Waals surface area contributed by atoms with Crippen molar-refractivity contribution in [1.29, 1.82) is 0 Å². The summed E-state index contributed by atoms with van der Waals surface area (Å²) >= 11 is 0. The summed E-state index contributed by atoms with van der Waals surface area (Å²) in [6.07, 6.45) is 3.48. The van der Waals surface area contributed by atoms with Crippen LogP contribution in [0.4, 0.5) is 5.69 Å². The summed E-state index contributed by atoms with van der Waals surface area (Å²) in [6.45, 7) is 6.88. The summed E-state index contributed by atoms with van der Waals surface area (Å²) in [6, 6.07) is 5.70. The van der Waals surface area contributed by atoms with Crippen LogP contribution < -0.4 is 5.32 Å². The Balaban J connectivity index is 1.88. The van der Waals surface area contributed by atoms with E-state index in [2.05, 4.69) is 22.3 Å². The van der Waals surface area contributed by atoms with E-state index in [1.54, 1.807) is 10.9 Å². The molecule has 108 valence electrons. The summed E-state index contributed by atoms with van der Waals surface area (Å²) in [5, 5.41) is 8.10. The summed E-state index contributed by atoms with van der Waals surface area (Å²) < 4.78 is 1.78. The zero-order valence-electron chi connectivity index (χ0n) is 12.4. The van der Waals surface area contributed by atoms with E-state index >= 15 is 0 Å². The van der Waals surface area contributed by atoms with Gasteiger partial charge in [0.1, 0.15) is 0 Å². The monoisotopic (exact) mass is 282 g/mol. The van der Waals surface area contributed by atoms with Crippen molar-refractivity contribution in [2.75, 3.05) is 5.32 Å². The van der Waals surface area contributed by atoms with Crippen LogP contribution in [0.1, 0.15) is 28.5 Å². The molecule has 1 aromatic carbocycles. The number of H-pyrrole nitrogens is 1. The second-order valence-electron chi connectivity index (χ2n) is 5.17. The molecule has 0 spiro atoms. The van der Waals surface area contributed by atoms with E-state index in [1.165, 1.54) is 5.56 Å². The Kier molecular flexibility index (Phi) is 3.25. The average Bonchev–Trinajstić information content (AvgIpc) is 3.04. The highest BCUT2D eigenvalue weighted by Gasteiger charge is 2.11. The zero-order valence-corrected chi connectivity index (χ0v) is 12.4. The van der Waals surface area contributed by atoms with Gasteiger partial charge in [0, 0.05) is 34.9 Å². The number of benzene rings is 1. The summed E-state index contributed by atoms with van der Waals surface area (Å²) in [5.74, 6) is -0.120. The molecular weight excluding hydrogens is 264 g/mol. The normalized spacial score (nSPS) is 11.0. The number of nitrogens with zero attached hydrogens (tertiary/aromatic N) is 2. The molecule has 0 atom stereocenters. The molecule has 5 nitrogen and oxygen atoms in total. The van der Waals surface area contributed by atoms with Crippen molar-refractivity contribution in [3.8, 4) is 0 Å². The maximum atomic E-state index is 12.3. The third kappa shape index (κ3) is 2.42. The Hall–Kier alpha value is -2.56. The molecule has 2 N–H and O–H groups in total. The molecule has 0 aliphatic carbocycles. The summed E-state index contributed by atoms with van der Waals surface area (Å²) in [5.41, 5.74) is 4.73. The molecule has 21 heavy (non-hydrogen) atoms. The molecule has 0 fully saturated rings. The van der Waals surface area contributed by atoms with Crippen molar-refractivity contribution in [3.05, 3.63) is 47.4 Å². The highest BCUT2D eigenvalue weighted by Crippen LogP contribution is 2.22. The lowest BCUT2D eigenvalue weighted by Crippen LogP contribution is -2.11. The number of amides is 1. The van der Waals surface area contributed by atoms with E-state index in [9.17, 15) is 4.79 Å². The summed E-state index contributed by atoms with van der Waals surface area (Å²) in [4.78, 5) is 15.6. The van der Waals surface area contributed by atoms with Crippen LogP contribution in [0.2, 0.25) is 0 Å². The molecule has 0 bridgehead atoms. The van der Waals surface area contributed by atoms with Gasteiger partial charge in [-0.25, -0.2) is 0 Å². The van der Waals surface area contributed by atoms with Crippen LogP contribution in [0.3, 0.4) is 0 Å². The highest BCUT2D eigenvalue weighted by molar-refractivity contribution is 6.06.